The molecule has 0 atom stereocenters. The highest BCUT2D eigenvalue weighted by atomic mass is 13.6. The molecule has 0 spiro atoms. The van der Waals surface area contributed by atoms with Gasteiger partial charge in [0.05, 0.1) is 0 Å². The Morgan fingerprint density at radius 1 is 0.250 bits per heavy atom. The summed E-state index contributed by atoms with van der Waals surface area (Å²) in [6.45, 7) is 5.00. The SMILES string of the molecule is C=C=C=C=C=C=C=C=C=C=C=C=C=C=C=C=C=C=C=C=[C-]C#CC#CC#CC#CC#CC#CC#CC#CC#CC#CC#CC#CC#CC#CC#CC. The second-order valence-electron chi connectivity index (χ2n) is 6.43. The van der Waals surface area contributed by atoms with E-state index in [-0.39, 0.29) is 0 Å². The summed E-state index contributed by atoms with van der Waals surface area (Å²) in [4.78, 5) is 0. The van der Waals surface area contributed by atoms with Crippen LogP contribution in [0.2, 0.25) is 0 Å². The lowest BCUT2D eigenvalue weighted by Gasteiger charge is -1.65. The quantitative estimate of drug-likeness (QED) is 0.216. The van der Waals surface area contributed by atoms with E-state index in [1.807, 2.05) is 0 Å². The minimum absolute atomic E-state index is 1.69. The van der Waals surface area contributed by atoms with Crippen LogP contribution in [0.4, 0.5) is 0 Å². The van der Waals surface area contributed by atoms with Crippen LogP contribution in [0.25, 0.3) is 0 Å². The van der Waals surface area contributed by atoms with Crippen molar-refractivity contribution < 1.29 is 0 Å². The summed E-state index contributed by atoms with van der Waals surface area (Å²) in [6, 6.07) is 0. The summed E-state index contributed by atoms with van der Waals surface area (Å²) in [5.41, 5.74) is 47.2. The van der Waals surface area contributed by atoms with E-state index in [1.54, 1.807) is 6.92 Å². The Bertz CT molecular complexity index is 3300. The minimum atomic E-state index is 1.69. The van der Waals surface area contributed by atoms with E-state index >= 15 is 0 Å². The molecule has 0 radical (unpaired) electrons. The lowest BCUT2D eigenvalue weighted by molar-refractivity contribution is 1.92. The van der Waals surface area contributed by atoms with E-state index in [2.05, 4.69) is 299 Å². The Labute approximate surface area is 305 Å². The van der Waals surface area contributed by atoms with Crippen LogP contribution in [-0.2, 0) is 0 Å². The maximum Gasteiger partial charge on any atom is 0 e. The van der Waals surface area contributed by atoms with Crippen molar-refractivity contribution in [1.29, 1.82) is 0 Å². The van der Waals surface area contributed by atoms with Crippen LogP contribution in [-0.4, -0.2) is 0 Å². The van der Waals surface area contributed by atoms with Crippen LogP contribution in [0, 0.1) is 184 Å². The molecule has 0 saturated carbocycles. The van der Waals surface area contributed by atoms with E-state index in [0.717, 1.165) is 0 Å². The molecule has 52 heavy (non-hydrogen) atoms. The van der Waals surface area contributed by atoms with E-state index in [1.165, 1.54) is 0 Å². The van der Waals surface area contributed by atoms with Crippen LogP contribution in [0.3, 0.4) is 0 Å². The monoisotopic (exact) mass is 629 g/mol. The summed E-state index contributed by atoms with van der Waals surface area (Å²) >= 11 is 0. The smallest absolute Gasteiger partial charge is 0 e. The van der Waals surface area contributed by atoms with Crippen LogP contribution >= 0.6 is 0 Å². The lowest BCUT2D eigenvalue weighted by atomic mass is 10.4. The van der Waals surface area contributed by atoms with Gasteiger partial charge in [0, 0.05) is 59.2 Å². The maximum absolute atomic E-state index is 3.31. The van der Waals surface area contributed by atoms with Crippen LogP contribution in [0.5, 0.6) is 0 Å². The van der Waals surface area contributed by atoms with Gasteiger partial charge < -0.3 is 0 Å². The molecule has 0 rings (SSSR count). The standard InChI is InChI=1S/C52H5/c1-3-5-7-9-11-13-15-17-19-21-23-25-27-29-31-33-35-37-39-41-43-45-47-49-51-52-50-48-46-44-42-40-38-36-34-32-30-28-26-24-22-20-18-16-14-12-10-8-6-4-2/h1H2,2H3/q-1. The van der Waals surface area contributed by atoms with Gasteiger partial charge in [-0.3, -0.25) is 0 Å². The summed E-state index contributed by atoms with van der Waals surface area (Å²) in [5, 5.41) is 0. The summed E-state index contributed by atoms with van der Waals surface area (Å²) in [7, 11) is 0. The molecule has 0 aromatic carbocycles. The van der Waals surface area contributed by atoms with Gasteiger partial charge in [-0.15, -0.1) is 0 Å². The topological polar surface area (TPSA) is 0 Å². The number of hydrogen-bond acceptors (Lipinski definition) is 0. The van der Waals surface area contributed by atoms with Gasteiger partial charge in [-0.2, -0.15) is 11.7 Å². The first-order valence-electron chi connectivity index (χ1n) is 13.1. The molecule has 0 fully saturated rings. The zero-order valence-corrected chi connectivity index (χ0v) is 26.7. The molecule has 0 aromatic rings. The molecule has 0 heteroatoms. The predicted octanol–water partition coefficient (Wildman–Crippen LogP) is 3.99. The first-order chi connectivity index (χ1) is 25.9. The van der Waals surface area contributed by atoms with Gasteiger partial charge in [-0.1, -0.05) is 29.4 Å². The minimum Gasteiger partial charge on any atom is -0.202 e. The maximum atomic E-state index is 3.31. The molecular formula is C52H5-. The normalized spacial score (nSPS) is 4.02. The highest BCUT2D eigenvalue weighted by Crippen LogP contribution is 1.63. The highest BCUT2D eigenvalue weighted by Gasteiger charge is 1.60. The fourth-order valence-corrected chi connectivity index (χ4v) is 1.54. The molecule has 0 unspecified atom stereocenters. The van der Waals surface area contributed by atoms with E-state index in [4.69, 9.17) is 0 Å². The Hall–Kier alpha value is -11.0. The average molecular weight is 630 g/mol. The lowest BCUT2D eigenvalue weighted by Crippen LogP contribution is -1.57. The first kappa shape index (κ1) is 41.0. The zero-order chi connectivity index (χ0) is 37.4. The number of hydrogen-bond donors (Lipinski definition) is 0. The van der Waals surface area contributed by atoms with Gasteiger partial charge >= 0.3 is 0 Å². The Balaban J connectivity index is 4.94. The number of rotatable bonds is 0. The number of allylic oxidation sites excluding steroid dienone is 1. The van der Waals surface area contributed by atoms with E-state index in [9.17, 15) is 0 Å². The van der Waals surface area contributed by atoms with Gasteiger partial charge in [0.1, 0.15) is 0 Å². The molecule has 0 heterocycles. The third kappa shape index (κ3) is 39.0. The molecule has 0 aliphatic heterocycles. The fraction of sp³-hybridized carbons (Fsp3) is 0.0192. The molecule has 0 aliphatic carbocycles. The third-order valence-electron chi connectivity index (χ3n) is 3.15. The van der Waals surface area contributed by atoms with Crippen molar-refractivity contribution in [3.63, 3.8) is 0 Å². The van der Waals surface area contributed by atoms with Crippen molar-refractivity contribution in [1.82, 2.24) is 0 Å². The van der Waals surface area contributed by atoms with Gasteiger partial charge in [-0.05, 0) is 194 Å². The highest BCUT2D eigenvalue weighted by molar-refractivity contribution is 5.48. The first-order valence-corrected chi connectivity index (χ1v) is 13.1. The van der Waals surface area contributed by atoms with Crippen molar-refractivity contribution in [2.24, 2.45) is 0 Å². The summed E-state index contributed by atoms with van der Waals surface area (Å²) in [5.74, 6) is 75.3. The van der Waals surface area contributed by atoms with Crippen LogP contribution in [0.1, 0.15) is 6.92 Å². The summed E-state index contributed by atoms with van der Waals surface area (Å²) in [6.07, 6.45) is 2.50. The Kier molecular flexibility index (Phi) is 31.5. The molecule has 0 nitrogen and oxygen atoms in total. The van der Waals surface area contributed by atoms with E-state index in [0.29, 0.717) is 0 Å². The van der Waals surface area contributed by atoms with Crippen molar-refractivity contribution in [2.75, 3.05) is 0 Å². The fourth-order valence-electron chi connectivity index (χ4n) is 1.54. The summed E-state index contributed by atoms with van der Waals surface area (Å²) < 4.78 is 0. The van der Waals surface area contributed by atoms with Crippen molar-refractivity contribution in [3.05, 3.63) is 122 Å². The third-order valence-corrected chi connectivity index (χ3v) is 3.15. The van der Waals surface area contributed by atoms with Crippen LogP contribution < -0.4 is 0 Å². The molecule has 0 N–H and O–H groups in total. The van der Waals surface area contributed by atoms with Gasteiger partial charge in [0.25, 0.3) is 0 Å². The largest absolute Gasteiger partial charge is 0.202 e. The molecule has 0 bridgehead atoms. The Morgan fingerprint density at radius 3 is 0.712 bits per heavy atom. The second kappa shape index (κ2) is 40.0. The average Bonchev–Trinajstić information content (AvgIpc) is 3.16. The van der Waals surface area contributed by atoms with E-state index < -0.39 is 0 Å². The molecule has 0 aromatic heterocycles. The molecule has 0 aliphatic rings. The van der Waals surface area contributed by atoms with Crippen molar-refractivity contribution in [2.45, 2.75) is 6.92 Å². The molecule has 214 valence electrons. The van der Waals surface area contributed by atoms with Gasteiger partial charge in [-0.25, -0.2) is 11.7 Å². The Morgan fingerprint density at radius 2 is 0.462 bits per heavy atom. The second-order valence-corrected chi connectivity index (χ2v) is 6.43. The van der Waals surface area contributed by atoms with Crippen LogP contribution in [0.15, 0.2) is 115 Å². The van der Waals surface area contributed by atoms with Crippen molar-refractivity contribution >= 4 is 0 Å². The molecule has 0 saturated heterocycles. The zero-order valence-electron chi connectivity index (χ0n) is 26.7. The predicted molar refractivity (Wildman–Crippen MR) is 198 cm³/mol. The van der Waals surface area contributed by atoms with Gasteiger partial charge in [0.15, 0.2) is 0 Å². The molecule has 0 amide bonds. The molecular weight excluding hydrogens is 625 g/mol. The van der Waals surface area contributed by atoms with Gasteiger partial charge in [0.2, 0.25) is 0 Å². The van der Waals surface area contributed by atoms with Crippen molar-refractivity contribution in [3.8, 4) is 178 Å².